The van der Waals surface area contributed by atoms with E-state index in [0.29, 0.717) is 18.2 Å². The molecule has 1 aliphatic rings. The Balaban J connectivity index is 1.87. The van der Waals surface area contributed by atoms with E-state index >= 15 is 0 Å². The molecule has 1 atom stereocenters. The summed E-state index contributed by atoms with van der Waals surface area (Å²) in [6.45, 7) is 8.29. The van der Waals surface area contributed by atoms with Gasteiger partial charge in [-0.3, -0.25) is 0 Å². The molecular weight excluding hydrogens is 250 g/mol. The molecule has 1 fully saturated rings. The van der Waals surface area contributed by atoms with E-state index in [1.807, 2.05) is 25.1 Å². The molecule has 1 N–H and O–H groups in total. The van der Waals surface area contributed by atoms with Crippen molar-refractivity contribution in [3.8, 4) is 5.75 Å². The Labute approximate surface area is 113 Å². The van der Waals surface area contributed by atoms with E-state index in [1.165, 1.54) is 0 Å². The van der Waals surface area contributed by atoms with Crippen LogP contribution in [0.4, 0.5) is 0 Å². The van der Waals surface area contributed by atoms with E-state index in [2.05, 4.69) is 19.2 Å². The molecular formula is C14H20ClNO2. The molecule has 0 saturated carbocycles. The fourth-order valence-corrected chi connectivity index (χ4v) is 2.01. The molecule has 0 aliphatic carbocycles. The number of ether oxygens (including phenoxy) is 2. The number of hydrogen-bond donors (Lipinski definition) is 1. The van der Waals surface area contributed by atoms with Crippen molar-refractivity contribution < 1.29 is 9.47 Å². The van der Waals surface area contributed by atoms with Crippen molar-refractivity contribution in [2.24, 2.45) is 0 Å². The fraction of sp³-hybridized carbons (Fsp3) is 0.571. The molecule has 1 aliphatic heterocycles. The van der Waals surface area contributed by atoms with Crippen molar-refractivity contribution >= 4 is 11.6 Å². The first kappa shape index (κ1) is 13.7. The highest BCUT2D eigenvalue weighted by atomic mass is 35.5. The van der Waals surface area contributed by atoms with E-state index in [9.17, 15) is 0 Å². The van der Waals surface area contributed by atoms with E-state index in [1.54, 1.807) is 0 Å². The Morgan fingerprint density at radius 3 is 2.94 bits per heavy atom. The first-order chi connectivity index (χ1) is 8.46. The molecule has 0 spiro atoms. The zero-order valence-corrected chi connectivity index (χ0v) is 11.9. The molecule has 0 bridgehead atoms. The number of halogens is 1. The van der Waals surface area contributed by atoms with Gasteiger partial charge in [0.05, 0.1) is 11.6 Å². The Morgan fingerprint density at radius 2 is 2.28 bits per heavy atom. The molecule has 0 amide bonds. The lowest BCUT2D eigenvalue weighted by Crippen LogP contribution is -2.54. The molecule has 100 valence electrons. The van der Waals surface area contributed by atoms with Gasteiger partial charge in [0.2, 0.25) is 0 Å². The van der Waals surface area contributed by atoms with Crippen molar-refractivity contribution in [1.82, 2.24) is 5.32 Å². The summed E-state index contributed by atoms with van der Waals surface area (Å²) in [5, 5.41) is 4.08. The number of aryl methyl sites for hydroxylation is 1. The Hall–Kier alpha value is -0.770. The quantitative estimate of drug-likeness (QED) is 0.915. The van der Waals surface area contributed by atoms with Gasteiger partial charge in [0.15, 0.2) is 0 Å². The summed E-state index contributed by atoms with van der Waals surface area (Å²) >= 11 is 6.08. The normalized spacial score (nSPS) is 22.8. The maximum atomic E-state index is 6.08. The van der Waals surface area contributed by atoms with Crippen molar-refractivity contribution in [3.63, 3.8) is 0 Å². The number of benzene rings is 1. The molecule has 4 heteroatoms. The molecule has 1 saturated heterocycles. The summed E-state index contributed by atoms with van der Waals surface area (Å²) in [6, 6.07) is 5.77. The highest BCUT2D eigenvalue weighted by Gasteiger charge is 2.27. The summed E-state index contributed by atoms with van der Waals surface area (Å²) < 4.78 is 11.5. The van der Waals surface area contributed by atoms with Gasteiger partial charge < -0.3 is 14.8 Å². The minimum atomic E-state index is 0.0531. The van der Waals surface area contributed by atoms with E-state index < -0.39 is 0 Å². The zero-order valence-electron chi connectivity index (χ0n) is 11.1. The van der Waals surface area contributed by atoms with Crippen LogP contribution in [-0.2, 0) is 4.74 Å². The lowest BCUT2D eigenvalue weighted by molar-refractivity contribution is -0.0411. The summed E-state index contributed by atoms with van der Waals surface area (Å²) in [5.41, 5.74) is 1.19. The lowest BCUT2D eigenvalue weighted by atomic mass is 10.1. The molecule has 0 radical (unpaired) electrons. The Kier molecular flexibility index (Phi) is 4.15. The van der Waals surface area contributed by atoms with Crippen LogP contribution in [0.5, 0.6) is 5.75 Å². The maximum Gasteiger partial charge on any atom is 0.138 e. The molecule has 0 aromatic heterocycles. The predicted molar refractivity (Wildman–Crippen MR) is 73.5 cm³/mol. The van der Waals surface area contributed by atoms with Gasteiger partial charge in [-0.2, -0.15) is 0 Å². The standard InChI is InChI=1S/C14H20ClNO2/c1-10-4-5-12(15)13(6-10)17-8-11-7-16-14(2,3)9-18-11/h4-6,11,16H,7-9H2,1-3H3. The number of morpholine rings is 1. The van der Waals surface area contributed by atoms with E-state index in [-0.39, 0.29) is 11.6 Å². The summed E-state index contributed by atoms with van der Waals surface area (Å²) in [7, 11) is 0. The van der Waals surface area contributed by atoms with Crippen LogP contribution in [-0.4, -0.2) is 31.4 Å². The molecule has 1 unspecified atom stereocenters. The highest BCUT2D eigenvalue weighted by molar-refractivity contribution is 6.32. The van der Waals surface area contributed by atoms with Crippen LogP contribution in [0, 0.1) is 6.92 Å². The second-order valence-electron chi connectivity index (χ2n) is 5.44. The number of hydrogen-bond acceptors (Lipinski definition) is 3. The third kappa shape index (κ3) is 3.61. The SMILES string of the molecule is Cc1ccc(Cl)c(OCC2CNC(C)(C)CO2)c1. The number of nitrogens with one attached hydrogen (secondary N) is 1. The van der Waals surface area contributed by atoms with E-state index in [4.69, 9.17) is 21.1 Å². The molecule has 1 aromatic carbocycles. The largest absolute Gasteiger partial charge is 0.489 e. The van der Waals surface area contributed by atoms with Crippen LogP contribution in [0.2, 0.25) is 5.02 Å². The molecule has 2 rings (SSSR count). The van der Waals surface area contributed by atoms with Gasteiger partial charge >= 0.3 is 0 Å². The summed E-state index contributed by atoms with van der Waals surface area (Å²) in [5.74, 6) is 0.727. The van der Waals surface area contributed by atoms with Gasteiger partial charge in [-0.15, -0.1) is 0 Å². The van der Waals surface area contributed by atoms with Gasteiger partial charge in [0, 0.05) is 12.1 Å². The minimum Gasteiger partial charge on any atom is -0.489 e. The van der Waals surface area contributed by atoms with Crippen LogP contribution in [0.1, 0.15) is 19.4 Å². The van der Waals surface area contributed by atoms with Crippen molar-refractivity contribution in [2.75, 3.05) is 19.8 Å². The van der Waals surface area contributed by atoms with Crippen molar-refractivity contribution in [2.45, 2.75) is 32.4 Å². The van der Waals surface area contributed by atoms with Gasteiger partial charge in [-0.25, -0.2) is 0 Å². The van der Waals surface area contributed by atoms with Gasteiger partial charge in [0.1, 0.15) is 18.5 Å². The zero-order chi connectivity index (χ0) is 13.2. The second kappa shape index (κ2) is 5.47. The molecule has 3 nitrogen and oxygen atoms in total. The predicted octanol–water partition coefficient (Wildman–Crippen LogP) is 2.79. The molecule has 1 heterocycles. The average Bonchev–Trinajstić information content (AvgIpc) is 2.32. The van der Waals surface area contributed by atoms with Crippen LogP contribution >= 0.6 is 11.6 Å². The Morgan fingerprint density at radius 1 is 1.50 bits per heavy atom. The van der Waals surface area contributed by atoms with Crippen LogP contribution in [0.3, 0.4) is 0 Å². The average molecular weight is 270 g/mol. The third-order valence-corrected chi connectivity index (χ3v) is 3.31. The fourth-order valence-electron chi connectivity index (χ4n) is 1.84. The monoisotopic (exact) mass is 269 g/mol. The van der Waals surface area contributed by atoms with E-state index in [0.717, 1.165) is 17.9 Å². The van der Waals surface area contributed by atoms with Crippen molar-refractivity contribution in [3.05, 3.63) is 28.8 Å². The smallest absolute Gasteiger partial charge is 0.138 e. The van der Waals surface area contributed by atoms with Crippen LogP contribution in [0.15, 0.2) is 18.2 Å². The summed E-state index contributed by atoms with van der Waals surface area (Å²) in [4.78, 5) is 0. The first-order valence-electron chi connectivity index (χ1n) is 6.22. The van der Waals surface area contributed by atoms with Gasteiger partial charge in [-0.05, 0) is 38.5 Å². The van der Waals surface area contributed by atoms with Crippen LogP contribution < -0.4 is 10.1 Å². The topological polar surface area (TPSA) is 30.5 Å². The minimum absolute atomic E-state index is 0.0531. The summed E-state index contributed by atoms with van der Waals surface area (Å²) in [6.07, 6.45) is 0.0783. The van der Waals surface area contributed by atoms with Crippen molar-refractivity contribution in [1.29, 1.82) is 0 Å². The van der Waals surface area contributed by atoms with Crippen LogP contribution in [0.25, 0.3) is 0 Å². The molecule has 18 heavy (non-hydrogen) atoms. The number of rotatable bonds is 3. The van der Waals surface area contributed by atoms with Gasteiger partial charge in [0.25, 0.3) is 0 Å². The maximum absolute atomic E-state index is 6.08. The Bertz CT molecular complexity index is 410. The third-order valence-electron chi connectivity index (χ3n) is 3.00. The lowest BCUT2D eigenvalue weighted by Gasteiger charge is -2.35. The second-order valence-corrected chi connectivity index (χ2v) is 5.85. The highest BCUT2D eigenvalue weighted by Crippen LogP contribution is 2.25. The van der Waals surface area contributed by atoms with Gasteiger partial charge in [-0.1, -0.05) is 17.7 Å². The first-order valence-corrected chi connectivity index (χ1v) is 6.60. The molecule has 1 aromatic rings.